The number of carbonyl (C=O) groups is 2. The fourth-order valence-electron chi connectivity index (χ4n) is 2.64. The van der Waals surface area contributed by atoms with Crippen LogP contribution in [0.25, 0.3) is 0 Å². The maximum atomic E-state index is 12.8. The number of anilines is 2. The summed E-state index contributed by atoms with van der Waals surface area (Å²) in [5.74, 6) is -1.26. The molecule has 27 heavy (non-hydrogen) atoms. The summed E-state index contributed by atoms with van der Waals surface area (Å²) in [5, 5.41) is 14.0. The topological polar surface area (TPSA) is 82.0 Å². The van der Waals surface area contributed by atoms with Crippen LogP contribution in [0.1, 0.15) is 24.0 Å². The summed E-state index contributed by atoms with van der Waals surface area (Å²) in [6.07, 6.45) is -3.98. The average molecular weight is 373 g/mol. The second-order valence-electron chi connectivity index (χ2n) is 6.23. The molecule has 1 fully saturated rings. The lowest BCUT2D eigenvalue weighted by Crippen LogP contribution is -2.35. The summed E-state index contributed by atoms with van der Waals surface area (Å²) in [6, 6.07) is 12.5. The van der Waals surface area contributed by atoms with Gasteiger partial charge in [-0.1, -0.05) is 18.2 Å². The zero-order valence-electron chi connectivity index (χ0n) is 13.9. The molecule has 2 aromatic carbocycles. The number of rotatable bonds is 4. The summed E-state index contributed by atoms with van der Waals surface area (Å²) in [6.45, 7) is 0. The first kappa shape index (κ1) is 18.5. The molecule has 138 valence electrons. The molecule has 0 bridgehead atoms. The number of carbonyl (C=O) groups excluding carboxylic acids is 2. The van der Waals surface area contributed by atoms with Crippen LogP contribution in [0.2, 0.25) is 0 Å². The van der Waals surface area contributed by atoms with Crippen LogP contribution in [-0.4, -0.2) is 11.8 Å². The minimum atomic E-state index is -4.53. The smallest absolute Gasteiger partial charge is 0.325 e. The Morgan fingerprint density at radius 3 is 2.30 bits per heavy atom. The number of nitrogens with zero attached hydrogens (tertiary/aromatic N) is 1. The van der Waals surface area contributed by atoms with E-state index in [1.165, 1.54) is 24.3 Å². The molecule has 0 radical (unpaired) electrons. The largest absolute Gasteiger partial charge is 0.416 e. The fraction of sp³-hybridized carbons (Fsp3) is 0.211. The van der Waals surface area contributed by atoms with Crippen molar-refractivity contribution < 1.29 is 22.8 Å². The zero-order chi connectivity index (χ0) is 19.7. The summed E-state index contributed by atoms with van der Waals surface area (Å²) in [5.41, 5.74) is -1.75. The van der Waals surface area contributed by atoms with Crippen molar-refractivity contribution in [1.29, 1.82) is 5.26 Å². The monoisotopic (exact) mass is 373 g/mol. The van der Waals surface area contributed by atoms with Gasteiger partial charge in [-0.15, -0.1) is 0 Å². The van der Waals surface area contributed by atoms with E-state index in [4.69, 9.17) is 5.26 Å². The lowest BCUT2D eigenvalue weighted by atomic mass is 10.0. The van der Waals surface area contributed by atoms with Crippen LogP contribution in [-0.2, 0) is 15.8 Å². The van der Waals surface area contributed by atoms with Gasteiger partial charge >= 0.3 is 6.18 Å². The third kappa shape index (κ3) is 3.77. The summed E-state index contributed by atoms with van der Waals surface area (Å²) in [4.78, 5) is 25.1. The van der Waals surface area contributed by atoms with E-state index in [2.05, 4.69) is 10.6 Å². The number of hydrogen-bond acceptors (Lipinski definition) is 3. The van der Waals surface area contributed by atoms with Gasteiger partial charge < -0.3 is 10.6 Å². The predicted octanol–water partition coefficient (Wildman–Crippen LogP) is 3.93. The first-order valence-electron chi connectivity index (χ1n) is 8.05. The standard InChI is InChI=1S/C19H14F3N3O2/c20-19(21,22)13-5-3-6-14(10-13)24-16(26)18(8-9-18)17(27)25-15-7-2-1-4-12(15)11-23/h1-7,10H,8-9H2,(H,24,26)(H,25,27). The van der Waals surface area contributed by atoms with Gasteiger partial charge in [0.1, 0.15) is 11.5 Å². The van der Waals surface area contributed by atoms with Gasteiger partial charge in [-0.05, 0) is 43.2 Å². The van der Waals surface area contributed by atoms with Crippen LogP contribution in [0, 0.1) is 16.7 Å². The molecular weight excluding hydrogens is 359 g/mol. The van der Waals surface area contributed by atoms with E-state index in [9.17, 15) is 22.8 Å². The van der Waals surface area contributed by atoms with Crippen molar-refractivity contribution in [3.8, 4) is 6.07 Å². The second-order valence-corrected chi connectivity index (χ2v) is 6.23. The molecule has 1 saturated carbocycles. The van der Waals surface area contributed by atoms with E-state index in [0.717, 1.165) is 12.1 Å². The molecule has 0 unspecified atom stereocenters. The molecule has 5 nitrogen and oxygen atoms in total. The Hall–Kier alpha value is -3.34. The molecule has 2 N–H and O–H groups in total. The van der Waals surface area contributed by atoms with Crippen molar-refractivity contribution in [2.45, 2.75) is 19.0 Å². The Kier molecular flexibility index (Phi) is 4.62. The van der Waals surface area contributed by atoms with Gasteiger partial charge in [0.2, 0.25) is 11.8 Å². The third-order valence-corrected chi connectivity index (χ3v) is 4.36. The number of alkyl halides is 3. The number of para-hydroxylation sites is 1. The summed E-state index contributed by atoms with van der Waals surface area (Å²) < 4.78 is 38.4. The van der Waals surface area contributed by atoms with E-state index in [0.29, 0.717) is 0 Å². The minimum Gasteiger partial charge on any atom is -0.325 e. The molecule has 0 heterocycles. The molecule has 0 spiro atoms. The lowest BCUT2D eigenvalue weighted by Gasteiger charge is -2.16. The molecule has 8 heteroatoms. The molecular formula is C19H14F3N3O2. The third-order valence-electron chi connectivity index (χ3n) is 4.36. The quantitative estimate of drug-likeness (QED) is 0.797. The van der Waals surface area contributed by atoms with E-state index in [1.54, 1.807) is 12.1 Å². The zero-order valence-corrected chi connectivity index (χ0v) is 13.9. The Morgan fingerprint density at radius 2 is 1.67 bits per heavy atom. The van der Waals surface area contributed by atoms with E-state index < -0.39 is 29.0 Å². The first-order valence-corrected chi connectivity index (χ1v) is 8.05. The van der Waals surface area contributed by atoms with E-state index in [1.807, 2.05) is 6.07 Å². The predicted molar refractivity (Wildman–Crippen MR) is 91.5 cm³/mol. The van der Waals surface area contributed by atoms with Crippen LogP contribution in [0.4, 0.5) is 24.5 Å². The van der Waals surface area contributed by atoms with Crippen LogP contribution in [0.15, 0.2) is 48.5 Å². The van der Waals surface area contributed by atoms with Gasteiger partial charge in [-0.2, -0.15) is 18.4 Å². The van der Waals surface area contributed by atoms with Crippen molar-refractivity contribution in [3.63, 3.8) is 0 Å². The van der Waals surface area contributed by atoms with E-state index >= 15 is 0 Å². The van der Waals surface area contributed by atoms with Gasteiger partial charge in [0.05, 0.1) is 16.8 Å². The highest BCUT2D eigenvalue weighted by Gasteiger charge is 2.56. The van der Waals surface area contributed by atoms with Crippen molar-refractivity contribution >= 4 is 23.2 Å². The Morgan fingerprint density at radius 1 is 1.00 bits per heavy atom. The number of halogens is 3. The second kappa shape index (κ2) is 6.76. The maximum Gasteiger partial charge on any atom is 0.416 e. The fourth-order valence-corrected chi connectivity index (χ4v) is 2.64. The number of amides is 2. The van der Waals surface area contributed by atoms with Crippen LogP contribution in [0.3, 0.4) is 0 Å². The molecule has 1 aliphatic carbocycles. The molecule has 2 aromatic rings. The molecule has 0 aromatic heterocycles. The molecule has 3 rings (SSSR count). The Balaban J connectivity index is 1.75. The summed E-state index contributed by atoms with van der Waals surface area (Å²) >= 11 is 0. The molecule has 1 aliphatic rings. The minimum absolute atomic E-state index is 0.0358. The van der Waals surface area contributed by atoms with Gasteiger partial charge in [-0.25, -0.2) is 0 Å². The highest BCUT2D eigenvalue weighted by molar-refractivity contribution is 6.17. The molecule has 0 atom stereocenters. The molecule has 0 aliphatic heterocycles. The number of benzene rings is 2. The van der Waals surface area contributed by atoms with Gasteiger partial charge in [0, 0.05) is 5.69 Å². The van der Waals surface area contributed by atoms with Crippen molar-refractivity contribution in [2.24, 2.45) is 5.41 Å². The van der Waals surface area contributed by atoms with E-state index in [-0.39, 0.29) is 29.8 Å². The Labute approximate surface area is 152 Å². The van der Waals surface area contributed by atoms with Gasteiger partial charge in [0.15, 0.2) is 0 Å². The highest BCUT2D eigenvalue weighted by Crippen LogP contribution is 2.47. The van der Waals surface area contributed by atoms with Crippen molar-refractivity contribution in [3.05, 3.63) is 59.7 Å². The number of nitrogens with one attached hydrogen (secondary N) is 2. The van der Waals surface area contributed by atoms with Crippen LogP contribution < -0.4 is 10.6 Å². The van der Waals surface area contributed by atoms with Crippen LogP contribution in [0.5, 0.6) is 0 Å². The van der Waals surface area contributed by atoms with Crippen molar-refractivity contribution in [2.75, 3.05) is 10.6 Å². The summed E-state index contributed by atoms with van der Waals surface area (Å²) in [7, 11) is 0. The van der Waals surface area contributed by atoms with Gasteiger partial charge in [0.25, 0.3) is 0 Å². The lowest BCUT2D eigenvalue weighted by molar-refractivity contribution is -0.137. The van der Waals surface area contributed by atoms with Gasteiger partial charge in [-0.3, -0.25) is 9.59 Å². The first-order chi connectivity index (χ1) is 12.8. The van der Waals surface area contributed by atoms with Crippen LogP contribution >= 0.6 is 0 Å². The number of hydrogen-bond donors (Lipinski definition) is 2. The molecule has 2 amide bonds. The Bertz CT molecular complexity index is 944. The SMILES string of the molecule is N#Cc1ccccc1NC(=O)C1(C(=O)Nc2cccc(C(F)(F)F)c2)CC1. The average Bonchev–Trinajstić information content (AvgIpc) is 3.44. The molecule has 0 saturated heterocycles. The highest BCUT2D eigenvalue weighted by atomic mass is 19.4. The number of nitriles is 1. The van der Waals surface area contributed by atoms with Crippen molar-refractivity contribution in [1.82, 2.24) is 0 Å². The normalized spacial score (nSPS) is 14.7. The maximum absolute atomic E-state index is 12.8.